The molecule has 5 rings (SSSR count). The molecule has 3 aliphatic rings. The molecule has 0 amide bonds. The summed E-state index contributed by atoms with van der Waals surface area (Å²) in [5.74, 6) is -0.0338. The van der Waals surface area contributed by atoms with Gasteiger partial charge in [0.15, 0.2) is 0 Å². The molecule has 1 atom stereocenters. The van der Waals surface area contributed by atoms with Crippen LogP contribution in [0.1, 0.15) is 41.0 Å². The molecule has 0 saturated carbocycles. The van der Waals surface area contributed by atoms with Crippen molar-refractivity contribution in [2.45, 2.75) is 18.8 Å². The zero-order valence-electron chi connectivity index (χ0n) is 17.5. The summed E-state index contributed by atoms with van der Waals surface area (Å²) < 4.78 is 5.92. The first-order valence-corrected chi connectivity index (χ1v) is 10.7. The van der Waals surface area contributed by atoms with Crippen LogP contribution >= 0.6 is 0 Å². The maximum atomic E-state index is 13.4. The number of nitrogens with zero attached hydrogens (tertiary/aromatic N) is 1. The second-order valence-electron chi connectivity index (χ2n) is 7.92. The number of fused-ring (bicyclic) bond motifs is 2. The number of carbonyl (C=O) groups is 1. The Hall–Kier alpha value is -4.16. The van der Waals surface area contributed by atoms with Crippen molar-refractivity contribution < 1.29 is 9.53 Å². The molecule has 0 radical (unpaired) electrons. The second kappa shape index (κ2) is 8.53. The lowest BCUT2D eigenvalue weighted by molar-refractivity contribution is -0.140. The predicted octanol–water partition coefficient (Wildman–Crippen LogP) is 6.40. The van der Waals surface area contributed by atoms with Crippen LogP contribution in [0.5, 0.6) is 0 Å². The number of ether oxygens (including phenoxy) is 1. The van der Waals surface area contributed by atoms with Gasteiger partial charge in [0.05, 0.1) is 11.6 Å². The highest BCUT2D eigenvalue weighted by molar-refractivity contribution is 5.95. The Labute approximate surface area is 187 Å². The molecule has 0 aromatic heterocycles. The summed E-state index contributed by atoms with van der Waals surface area (Å²) in [4.78, 5) is 13.4. The minimum absolute atomic E-state index is 0.246. The van der Waals surface area contributed by atoms with E-state index in [1.54, 1.807) is 12.1 Å². The lowest BCUT2D eigenvalue weighted by Crippen LogP contribution is -2.15. The van der Waals surface area contributed by atoms with Crippen molar-refractivity contribution in [3.8, 4) is 6.07 Å². The van der Waals surface area contributed by atoms with Crippen molar-refractivity contribution >= 4 is 17.1 Å². The number of allylic oxidation sites excluding steroid dienone is 10. The van der Waals surface area contributed by atoms with Crippen LogP contribution in [0.15, 0.2) is 108 Å². The molecule has 0 fully saturated rings. The van der Waals surface area contributed by atoms with Gasteiger partial charge in [-0.2, -0.15) is 5.26 Å². The van der Waals surface area contributed by atoms with Crippen LogP contribution in [-0.4, -0.2) is 5.97 Å². The van der Waals surface area contributed by atoms with Gasteiger partial charge in [0.2, 0.25) is 0 Å². The van der Waals surface area contributed by atoms with E-state index in [2.05, 4.69) is 18.2 Å². The van der Waals surface area contributed by atoms with Gasteiger partial charge in [-0.3, -0.25) is 4.79 Å². The number of rotatable bonds is 3. The van der Waals surface area contributed by atoms with Crippen molar-refractivity contribution in [3.63, 3.8) is 0 Å². The summed E-state index contributed by atoms with van der Waals surface area (Å²) in [5.41, 5.74) is 7.03. The third-order valence-corrected chi connectivity index (χ3v) is 5.98. The SMILES string of the molecule is N#Cc1ccc(C2=CC=C(OC(=O)C3C4=C(CC=CC=C4)c4ccccc43)CC=C2)cc1. The monoisotopic (exact) mass is 415 g/mol. The summed E-state index contributed by atoms with van der Waals surface area (Å²) in [6.07, 6.45) is 17.4. The van der Waals surface area contributed by atoms with E-state index in [0.29, 0.717) is 17.7 Å². The Balaban J connectivity index is 1.41. The molecule has 0 aliphatic heterocycles. The van der Waals surface area contributed by atoms with Crippen molar-refractivity contribution in [3.05, 3.63) is 131 Å². The topological polar surface area (TPSA) is 50.1 Å². The average molecular weight is 415 g/mol. The predicted molar refractivity (Wildman–Crippen MR) is 126 cm³/mol. The molecule has 0 saturated heterocycles. The van der Waals surface area contributed by atoms with Gasteiger partial charge in [-0.15, -0.1) is 0 Å². The van der Waals surface area contributed by atoms with E-state index in [4.69, 9.17) is 10.00 Å². The van der Waals surface area contributed by atoms with Gasteiger partial charge in [-0.05, 0) is 58.0 Å². The number of carbonyl (C=O) groups excluding carboxylic acids is 1. The van der Waals surface area contributed by atoms with E-state index in [0.717, 1.165) is 34.3 Å². The second-order valence-corrected chi connectivity index (χ2v) is 7.92. The van der Waals surface area contributed by atoms with Gasteiger partial charge in [0.1, 0.15) is 11.7 Å². The van der Waals surface area contributed by atoms with Crippen LogP contribution in [0.3, 0.4) is 0 Å². The highest BCUT2D eigenvalue weighted by atomic mass is 16.5. The molecule has 154 valence electrons. The van der Waals surface area contributed by atoms with Crippen LogP contribution in [0.4, 0.5) is 0 Å². The molecule has 0 N–H and O–H groups in total. The van der Waals surface area contributed by atoms with E-state index >= 15 is 0 Å². The Kier molecular flexibility index (Phi) is 5.27. The average Bonchev–Trinajstić information content (AvgIpc) is 3.02. The van der Waals surface area contributed by atoms with Gasteiger partial charge < -0.3 is 4.74 Å². The molecule has 0 heterocycles. The number of esters is 1. The minimum Gasteiger partial charge on any atom is -0.430 e. The van der Waals surface area contributed by atoms with Crippen LogP contribution in [0, 0.1) is 11.3 Å². The summed E-state index contributed by atoms with van der Waals surface area (Å²) in [6.45, 7) is 0. The number of nitriles is 1. The fourth-order valence-electron chi connectivity index (χ4n) is 4.42. The van der Waals surface area contributed by atoms with E-state index in [1.807, 2.05) is 72.9 Å². The summed E-state index contributed by atoms with van der Waals surface area (Å²) >= 11 is 0. The van der Waals surface area contributed by atoms with Crippen LogP contribution < -0.4 is 0 Å². The minimum atomic E-state index is -0.410. The highest BCUT2D eigenvalue weighted by Crippen LogP contribution is 2.45. The number of hydrogen-bond donors (Lipinski definition) is 0. The van der Waals surface area contributed by atoms with Crippen LogP contribution in [-0.2, 0) is 9.53 Å². The third kappa shape index (κ3) is 3.68. The molecule has 2 aromatic carbocycles. The third-order valence-electron chi connectivity index (χ3n) is 5.98. The Morgan fingerprint density at radius 2 is 1.78 bits per heavy atom. The molecule has 1 unspecified atom stereocenters. The van der Waals surface area contributed by atoms with E-state index in [1.165, 1.54) is 5.57 Å². The zero-order valence-corrected chi connectivity index (χ0v) is 17.5. The first kappa shape index (κ1) is 19.8. The molecule has 32 heavy (non-hydrogen) atoms. The smallest absolute Gasteiger partial charge is 0.323 e. The first-order valence-electron chi connectivity index (χ1n) is 10.7. The maximum absolute atomic E-state index is 13.4. The van der Waals surface area contributed by atoms with Crippen LogP contribution in [0.2, 0.25) is 0 Å². The van der Waals surface area contributed by atoms with E-state index in [9.17, 15) is 4.79 Å². The van der Waals surface area contributed by atoms with Crippen molar-refractivity contribution in [2.24, 2.45) is 0 Å². The Morgan fingerprint density at radius 1 is 0.938 bits per heavy atom. The van der Waals surface area contributed by atoms with Gasteiger partial charge in [-0.1, -0.05) is 78.9 Å². The summed E-state index contributed by atoms with van der Waals surface area (Å²) in [6, 6.07) is 17.7. The lowest BCUT2D eigenvalue weighted by atomic mass is 9.95. The summed E-state index contributed by atoms with van der Waals surface area (Å²) in [5, 5.41) is 8.99. The highest BCUT2D eigenvalue weighted by Gasteiger charge is 2.36. The molecular weight excluding hydrogens is 394 g/mol. The van der Waals surface area contributed by atoms with Crippen molar-refractivity contribution in [1.82, 2.24) is 0 Å². The zero-order chi connectivity index (χ0) is 21.9. The van der Waals surface area contributed by atoms with Gasteiger partial charge in [-0.25, -0.2) is 0 Å². The normalized spacial score (nSPS) is 18.7. The number of hydrogen-bond acceptors (Lipinski definition) is 3. The molecule has 3 aliphatic carbocycles. The van der Waals surface area contributed by atoms with E-state index < -0.39 is 5.92 Å². The fraction of sp³-hybridized carbons (Fsp3) is 0.103. The van der Waals surface area contributed by atoms with Gasteiger partial charge in [0.25, 0.3) is 0 Å². The Bertz CT molecular complexity index is 1310. The summed E-state index contributed by atoms with van der Waals surface area (Å²) in [7, 11) is 0. The lowest BCUT2D eigenvalue weighted by Gasteiger charge is -2.15. The quantitative estimate of drug-likeness (QED) is 0.545. The van der Waals surface area contributed by atoms with Crippen molar-refractivity contribution in [2.75, 3.05) is 0 Å². The largest absolute Gasteiger partial charge is 0.430 e. The van der Waals surface area contributed by atoms with Gasteiger partial charge >= 0.3 is 5.97 Å². The van der Waals surface area contributed by atoms with Crippen molar-refractivity contribution in [1.29, 1.82) is 5.26 Å². The standard InChI is InChI=1S/C29H21NO2/c30-19-20-13-15-22(16-14-20)21-7-6-8-23(18-17-21)32-29(31)28-26-11-3-1-2-9-24(26)25-10-4-5-12-27(25)28/h1-7,10-18,28H,8-9H2. The molecule has 3 heteroatoms. The number of benzene rings is 2. The molecule has 2 aromatic rings. The molecule has 0 bridgehead atoms. The maximum Gasteiger partial charge on any atom is 0.323 e. The molecule has 3 nitrogen and oxygen atoms in total. The molecule has 0 spiro atoms. The van der Waals surface area contributed by atoms with E-state index in [-0.39, 0.29) is 5.97 Å². The van der Waals surface area contributed by atoms with Crippen LogP contribution in [0.25, 0.3) is 11.1 Å². The van der Waals surface area contributed by atoms with Gasteiger partial charge in [0, 0.05) is 6.42 Å². The first-order chi connectivity index (χ1) is 15.7. The fourth-order valence-corrected chi connectivity index (χ4v) is 4.42. The Morgan fingerprint density at radius 3 is 2.62 bits per heavy atom. The molecular formula is C29H21NO2.